The lowest BCUT2D eigenvalue weighted by Gasteiger charge is -2.16. The van der Waals surface area contributed by atoms with Gasteiger partial charge in [0.25, 0.3) is 0 Å². The lowest BCUT2D eigenvalue weighted by molar-refractivity contribution is 0.196. The summed E-state index contributed by atoms with van der Waals surface area (Å²) < 4.78 is 12.9. The normalized spacial score (nSPS) is 15.0. The molecule has 1 rings (SSSR count). The summed E-state index contributed by atoms with van der Waals surface area (Å²) in [5.41, 5.74) is 6.31. The monoisotopic (exact) mass is 229 g/mol. The van der Waals surface area contributed by atoms with Gasteiger partial charge in [-0.15, -0.1) is 11.8 Å². The van der Waals surface area contributed by atoms with E-state index in [1.165, 1.54) is 23.9 Å². The van der Waals surface area contributed by atoms with E-state index >= 15 is 0 Å². The Balaban J connectivity index is 2.84. The zero-order valence-corrected chi connectivity index (χ0v) is 9.72. The number of nitrogens with two attached hydrogens (primary N) is 1. The molecule has 2 unspecified atom stereocenters. The Hall–Kier alpha value is -0.580. The second kappa shape index (κ2) is 5.49. The summed E-state index contributed by atoms with van der Waals surface area (Å²) in [4.78, 5) is 0.937. The van der Waals surface area contributed by atoms with E-state index in [1.807, 2.05) is 6.92 Å². The van der Waals surface area contributed by atoms with Crippen molar-refractivity contribution in [3.63, 3.8) is 0 Å². The van der Waals surface area contributed by atoms with E-state index in [0.29, 0.717) is 6.54 Å². The van der Waals surface area contributed by atoms with Crippen LogP contribution in [0.3, 0.4) is 0 Å². The van der Waals surface area contributed by atoms with Crippen molar-refractivity contribution in [2.45, 2.75) is 36.6 Å². The van der Waals surface area contributed by atoms with Crippen molar-refractivity contribution in [2.75, 3.05) is 0 Å². The maximum absolute atomic E-state index is 12.9. The topological polar surface area (TPSA) is 46.2 Å². The Bertz CT molecular complexity index is 330. The molecule has 3 N–H and O–H groups in total. The van der Waals surface area contributed by atoms with E-state index in [1.54, 1.807) is 13.0 Å². The van der Waals surface area contributed by atoms with Gasteiger partial charge in [-0.3, -0.25) is 0 Å². The van der Waals surface area contributed by atoms with Crippen LogP contribution in [0.15, 0.2) is 23.1 Å². The number of thioether (sulfide) groups is 1. The summed E-state index contributed by atoms with van der Waals surface area (Å²) in [6.07, 6.45) is -0.398. The van der Waals surface area contributed by atoms with Crippen molar-refractivity contribution in [1.29, 1.82) is 0 Å². The highest BCUT2D eigenvalue weighted by molar-refractivity contribution is 8.00. The molecule has 0 aromatic heterocycles. The standard InChI is InChI=1S/C11H16FNOS/c1-7(14)8(2)15-11-4-3-10(12)5-9(11)6-13/h3-5,7-8,14H,6,13H2,1-2H3. The minimum Gasteiger partial charge on any atom is -0.392 e. The highest BCUT2D eigenvalue weighted by Gasteiger charge is 2.12. The van der Waals surface area contributed by atoms with Crippen LogP contribution in [0.4, 0.5) is 4.39 Å². The number of aliphatic hydroxyl groups is 1. The average Bonchev–Trinajstić information content (AvgIpc) is 2.20. The van der Waals surface area contributed by atoms with E-state index in [-0.39, 0.29) is 11.1 Å². The Kier molecular flexibility index (Phi) is 4.57. The van der Waals surface area contributed by atoms with Gasteiger partial charge in [-0.2, -0.15) is 0 Å². The van der Waals surface area contributed by atoms with Crippen molar-refractivity contribution in [3.8, 4) is 0 Å². The first-order valence-electron chi connectivity index (χ1n) is 4.87. The fourth-order valence-electron chi connectivity index (χ4n) is 1.12. The lowest BCUT2D eigenvalue weighted by Crippen LogP contribution is -2.15. The fraction of sp³-hybridized carbons (Fsp3) is 0.455. The summed E-state index contributed by atoms with van der Waals surface area (Å²) >= 11 is 1.51. The van der Waals surface area contributed by atoms with Crippen LogP contribution in [-0.2, 0) is 6.54 Å². The van der Waals surface area contributed by atoms with Crippen LogP contribution in [0.5, 0.6) is 0 Å². The smallest absolute Gasteiger partial charge is 0.123 e. The molecule has 0 fully saturated rings. The van der Waals surface area contributed by atoms with Crippen molar-refractivity contribution >= 4 is 11.8 Å². The summed E-state index contributed by atoms with van der Waals surface area (Å²) in [6.45, 7) is 3.98. The van der Waals surface area contributed by atoms with Crippen LogP contribution in [0.1, 0.15) is 19.4 Å². The molecule has 0 aliphatic rings. The second-order valence-electron chi connectivity index (χ2n) is 3.52. The van der Waals surface area contributed by atoms with Gasteiger partial charge in [-0.05, 0) is 30.7 Å². The van der Waals surface area contributed by atoms with Gasteiger partial charge in [0.15, 0.2) is 0 Å². The van der Waals surface area contributed by atoms with E-state index in [4.69, 9.17) is 5.73 Å². The van der Waals surface area contributed by atoms with Gasteiger partial charge >= 0.3 is 0 Å². The van der Waals surface area contributed by atoms with Gasteiger partial charge in [-0.25, -0.2) is 4.39 Å². The maximum atomic E-state index is 12.9. The van der Waals surface area contributed by atoms with E-state index in [0.717, 1.165) is 10.5 Å². The largest absolute Gasteiger partial charge is 0.392 e. The Morgan fingerprint density at radius 2 is 2.13 bits per heavy atom. The van der Waals surface area contributed by atoms with Crippen LogP contribution >= 0.6 is 11.8 Å². The number of rotatable bonds is 4. The summed E-state index contributed by atoms with van der Waals surface area (Å²) in [5.74, 6) is -0.274. The molecule has 4 heteroatoms. The Labute approximate surface area is 93.7 Å². The molecule has 1 aromatic carbocycles. The summed E-state index contributed by atoms with van der Waals surface area (Å²) in [5, 5.41) is 9.44. The number of hydrogen-bond acceptors (Lipinski definition) is 3. The molecule has 0 aliphatic carbocycles. The third-order valence-corrected chi connectivity index (χ3v) is 3.65. The number of hydrogen-bond donors (Lipinski definition) is 2. The van der Waals surface area contributed by atoms with Crippen molar-refractivity contribution in [1.82, 2.24) is 0 Å². The van der Waals surface area contributed by atoms with Gasteiger partial charge < -0.3 is 10.8 Å². The second-order valence-corrected chi connectivity index (χ2v) is 4.94. The molecule has 0 bridgehead atoms. The van der Waals surface area contributed by atoms with Gasteiger partial charge in [0, 0.05) is 16.7 Å². The van der Waals surface area contributed by atoms with Gasteiger partial charge in [-0.1, -0.05) is 6.92 Å². The van der Waals surface area contributed by atoms with E-state index < -0.39 is 6.10 Å². The average molecular weight is 229 g/mol. The third-order valence-electron chi connectivity index (χ3n) is 2.23. The number of aliphatic hydroxyl groups excluding tert-OH is 1. The van der Waals surface area contributed by atoms with Gasteiger partial charge in [0.1, 0.15) is 5.82 Å². The maximum Gasteiger partial charge on any atom is 0.123 e. The Morgan fingerprint density at radius 3 is 2.67 bits per heavy atom. The predicted molar refractivity (Wildman–Crippen MR) is 61.3 cm³/mol. The molecular formula is C11H16FNOS. The quantitative estimate of drug-likeness (QED) is 0.778. The molecule has 0 saturated heterocycles. The highest BCUT2D eigenvalue weighted by Crippen LogP contribution is 2.28. The van der Waals surface area contributed by atoms with Crippen molar-refractivity contribution in [2.24, 2.45) is 5.73 Å². The van der Waals surface area contributed by atoms with E-state index in [2.05, 4.69) is 0 Å². The minimum atomic E-state index is -0.398. The summed E-state index contributed by atoms with van der Waals surface area (Å²) in [6, 6.07) is 4.56. The van der Waals surface area contributed by atoms with Gasteiger partial charge in [0.2, 0.25) is 0 Å². The first-order chi connectivity index (χ1) is 7.04. The fourth-order valence-corrected chi connectivity index (χ4v) is 2.16. The number of benzene rings is 1. The zero-order valence-electron chi connectivity index (χ0n) is 8.90. The molecule has 0 amide bonds. The molecule has 15 heavy (non-hydrogen) atoms. The molecule has 0 aliphatic heterocycles. The third kappa shape index (κ3) is 3.48. The van der Waals surface area contributed by atoms with Gasteiger partial charge in [0.05, 0.1) is 6.10 Å². The van der Waals surface area contributed by atoms with Crippen LogP contribution < -0.4 is 5.73 Å². The molecule has 2 nitrogen and oxygen atoms in total. The van der Waals surface area contributed by atoms with Crippen LogP contribution in [-0.4, -0.2) is 16.5 Å². The van der Waals surface area contributed by atoms with Crippen LogP contribution in [0, 0.1) is 5.82 Å². The van der Waals surface area contributed by atoms with Crippen LogP contribution in [0.2, 0.25) is 0 Å². The Morgan fingerprint density at radius 1 is 1.47 bits per heavy atom. The lowest BCUT2D eigenvalue weighted by atomic mass is 10.2. The first-order valence-corrected chi connectivity index (χ1v) is 5.75. The first kappa shape index (κ1) is 12.5. The van der Waals surface area contributed by atoms with Crippen molar-refractivity contribution < 1.29 is 9.50 Å². The summed E-state index contributed by atoms with van der Waals surface area (Å²) in [7, 11) is 0. The highest BCUT2D eigenvalue weighted by atomic mass is 32.2. The minimum absolute atomic E-state index is 0.0701. The number of halogens is 1. The SMILES string of the molecule is CC(O)C(C)Sc1ccc(F)cc1CN. The predicted octanol–water partition coefficient (Wildman–Crippen LogP) is 2.15. The molecule has 0 spiro atoms. The van der Waals surface area contributed by atoms with E-state index in [9.17, 15) is 9.50 Å². The molecule has 2 atom stereocenters. The molecule has 84 valence electrons. The van der Waals surface area contributed by atoms with Crippen molar-refractivity contribution in [3.05, 3.63) is 29.6 Å². The van der Waals surface area contributed by atoms with Crippen LogP contribution in [0.25, 0.3) is 0 Å². The molecule has 1 aromatic rings. The molecular weight excluding hydrogens is 213 g/mol. The molecule has 0 radical (unpaired) electrons. The molecule has 0 heterocycles. The molecule has 0 saturated carbocycles. The zero-order chi connectivity index (χ0) is 11.4.